The SMILES string of the molecule is O=S(=O)(c1ccccc1)N1CCN(S(=O)(=O)c2ccccc2)CCN(S(=O)(=O)c2ccccc2)CC1. The zero-order chi connectivity index (χ0) is 25.8. The Hall–Kier alpha value is -2.61. The fourth-order valence-corrected chi connectivity index (χ4v) is 8.28. The summed E-state index contributed by atoms with van der Waals surface area (Å²) in [5.41, 5.74) is 0. The molecular formula is C24H27N3O6S3. The average Bonchev–Trinajstić information content (AvgIpc) is 3.02. The Morgan fingerprint density at radius 3 is 0.750 bits per heavy atom. The van der Waals surface area contributed by atoms with Gasteiger partial charge in [0.1, 0.15) is 0 Å². The lowest BCUT2D eigenvalue weighted by molar-refractivity contribution is 0.365. The van der Waals surface area contributed by atoms with E-state index in [0.29, 0.717) is 0 Å². The summed E-state index contributed by atoms with van der Waals surface area (Å²) in [5.74, 6) is 0. The van der Waals surface area contributed by atoms with Crippen molar-refractivity contribution in [3.05, 3.63) is 91.0 Å². The second kappa shape index (κ2) is 10.8. The largest absolute Gasteiger partial charge is 0.243 e. The number of nitrogens with zero attached hydrogens (tertiary/aromatic N) is 3. The van der Waals surface area contributed by atoms with Crippen LogP contribution in [-0.2, 0) is 30.1 Å². The molecule has 0 N–H and O–H groups in total. The third kappa shape index (κ3) is 5.53. The lowest BCUT2D eigenvalue weighted by atomic mass is 10.4. The minimum atomic E-state index is -3.99. The summed E-state index contributed by atoms with van der Waals surface area (Å²) in [5, 5.41) is 0. The molecule has 4 rings (SSSR count). The smallest absolute Gasteiger partial charge is 0.207 e. The third-order valence-electron chi connectivity index (χ3n) is 5.94. The highest BCUT2D eigenvalue weighted by atomic mass is 32.2. The molecule has 0 radical (unpaired) electrons. The maximum Gasteiger partial charge on any atom is 0.243 e. The van der Waals surface area contributed by atoms with Crippen molar-refractivity contribution >= 4 is 30.1 Å². The van der Waals surface area contributed by atoms with E-state index in [2.05, 4.69) is 0 Å². The summed E-state index contributed by atoms with van der Waals surface area (Å²) >= 11 is 0. The number of hydrogen-bond donors (Lipinski definition) is 0. The van der Waals surface area contributed by atoms with Crippen molar-refractivity contribution in [3.63, 3.8) is 0 Å². The van der Waals surface area contributed by atoms with Gasteiger partial charge in [0.05, 0.1) is 14.7 Å². The van der Waals surface area contributed by atoms with E-state index >= 15 is 0 Å². The molecule has 0 bridgehead atoms. The second-order valence-electron chi connectivity index (χ2n) is 8.15. The molecule has 12 heteroatoms. The van der Waals surface area contributed by atoms with E-state index in [1.807, 2.05) is 0 Å². The molecule has 0 aliphatic carbocycles. The van der Waals surface area contributed by atoms with Crippen LogP contribution in [0.25, 0.3) is 0 Å². The summed E-state index contributed by atoms with van der Waals surface area (Å²) in [4.78, 5) is 0.164. The minimum absolute atomic E-state index is 0.0548. The Balaban J connectivity index is 1.72. The fraction of sp³-hybridized carbons (Fsp3) is 0.250. The van der Waals surface area contributed by atoms with Crippen molar-refractivity contribution in [2.24, 2.45) is 0 Å². The summed E-state index contributed by atoms with van der Waals surface area (Å²) in [7, 11) is -12.0. The molecule has 1 saturated heterocycles. The van der Waals surface area contributed by atoms with Gasteiger partial charge in [0.25, 0.3) is 0 Å². The van der Waals surface area contributed by atoms with Gasteiger partial charge in [-0.3, -0.25) is 0 Å². The molecule has 3 aromatic carbocycles. The molecule has 1 heterocycles. The molecule has 0 atom stereocenters. The van der Waals surface area contributed by atoms with E-state index in [4.69, 9.17) is 0 Å². The van der Waals surface area contributed by atoms with E-state index in [9.17, 15) is 25.3 Å². The first kappa shape index (κ1) is 26.5. The van der Waals surface area contributed by atoms with Gasteiger partial charge in [0, 0.05) is 39.3 Å². The molecule has 1 aliphatic heterocycles. The van der Waals surface area contributed by atoms with Gasteiger partial charge in [-0.1, -0.05) is 54.6 Å². The van der Waals surface area contributed by atoms with Crippen LogP contribution in [0, 0.1) is 0 Å². The zero-order valence-corrected chi connectivity index (χ0v) is 21.9. The molecular weight excluding hydrogens is 522 g/mol. The van der Waals surface area contributed by atoms with Gasteiger partial charge in [-0.05, 0) is 36.4 Å². The summed E-state index contributed by atoms with van der Waals surface area (Å²) < 4.78 is 83.9. The maximum absolute atomic E-state index is 13.4. The lowest BCUT2D eigenvalue weighted by Gasteiger charge is -2.25. The van der Waals surface area contributed by atoms with Crippen LogP contribution < -0.4 is 0 Å². The van der Waals surface area contributed by atoms with Crippen LogP contribution >= 0.6 is 0 Å². The van der Waals surface area contributed by atoms with Gasteiger partial charge in [-0.25, -0.2) is 25.3 Å². The van der Waals surface area contributed by atoms with Gasteiger partial charge in [-0.2, -0.15) is 12.9 Å². The van der Waals surface area contributed by atoms with Crippen LogP contribution in [0.4, 0.5) is 0 Å². The first-order valence-electron chi connectivity index (χ1n) is 11.3. The van der Waals surface area contributed by atoms with Crippen LogP contribution in [0.5, 0.6) is 0 Å². The molecule has 9 nitrogen and oxygen atoms in total. The number of hydrogen-bond acceptors (Lipinski definition) is 6. The first-order valence-corrected chi connectivity index (χ1v) is 15.6. The minimum Gasteiger partial charge on any atom is -0.207 e. The summed E-state index contributed by atoms with van der Waals surface area (Å²) in [6.07, 6.45) is 0. The standard InChI is InChI=1S/C24H27N3O6S3/c28-34(29,22-10-4-1-5-11-22)25-16-18-26(35(30,31)23-12-6-2-7-13-23)20-21-27(19-17-25)36(32,33)24-14-8-3-9-15-24/h1-15H,16-21H2. The third-order valence-corrected chi connectivity index (χ3v) is 11.7. The van der Waals surface area contributed by atoms with Crippen LogP contribution in [0.15, 0.2) is 106 Å². The summed E-state index contributed by atoms with van der Waals surface area (Å²) in [6, 6.07) is 23.4. The van der Waals surface area contributed by atoms with Gasteiger partial charge in [-0.15, -0.1) is 0 Å². The Morgan fingerprint density at radius 2 is 0.556 bits per heavy atom. The second-order valence-corrected chi connectivity index (χ2v) is 14.0. The Kier molecular flexibility index (Phi) is 7.93. The highest BCUT2D eigenvalue weighted by Gasteiger charge is 2.34. The topological polar surface area (TPSA) is 112 Å². The van der Waals surface area contributed by atoms with Crippen LogP contribution in [0.2, 0.25) is 0 Å². The Bertz CT molecular complexity index is 1290. The van der Waals surface area contributed by atoms with Crippen molar-refractivity contribution in [2.75, 3.05) is 39.3 Å². The molecule has 0 aromatic heterocycles. The molecule has 0 spiro atoms. The number of benzene rings is 3. The predicted molar refractivity (Wildman–Crippen MR) is 136 cm³/mol. The van der Waals surface area contributed by atoms with E-state index in [-0.39, 0.29) is 54.0 Å². The molecule has 1 aliphatic rings. The van der Waals surface area contributed by atoms with Crippen molar-refractivity contribution in [1.82, 2.24) is 12.9 Å². The van der Waals surface area contributed by atoms with Crippen molar-refractivity contribution in [3.8, 4) is 0 Å². The van der Waals surface area contributed by atoms with E-state index < -0.39 is 30.1 Å². The van der Waals surface area contributed by atoms with Gasteiger partial charge in [0.2, 0.25) is 30.1 Å². The normalized spacial score (nSPS) is 17.7. The first-order chi connectivity index (χ1) is 17.1. The highest BCUT2D eigenvalue weighted by Crippen LogP contribution is 2.22. The molecule has 36 heavy (non-hydrogen) atoms. The zero-order valence-electron chi connectivity index (χ0n) is 19.4. The molecule has 0 amide bonds. The highest BCUT2D eigenvalue weighted by molar-refractivity contribution is 7.90. The molecule has 192 valence electrons. The Morgan fingerprint density at radius 1 is 0.361 bits per heavy atom. The van der Waals surface area contributed by atoms with Crippen molar-refractivity contribution in [1.29, 1.82) is 0 Å². The van der Waals surface area contributed by atoms with Gasteiger partial charge in [0.15, 0.2) is 0 Å². The monoisotopic (exact) mass is 549 g/mol. The van der Waals surface area contributed by atoms with Gasteiger partial charge >= 0.3 is 0 Å². The summed E-state index contributed by atoms with van der Waals surface area (Å²) in [6.45, 7) is -0.735. The molecule has 0 saturated carbocycles. The number of sulfonamides is 3. The van der Waals surface area contributed by atoms with E-state index in [1.54, 1.807) is 54.6 Å². The van der Waals surface area contributed by atoms with Crippen LogP contribution in [0.3, 0.4) is 0 Å². The quantitative estimate of drug-likeness (QED) is 0.465. The van der Waals surface area contributed by atoms with E-state index in [1.165, 1.54) is 36.4 Å². The lowest BCUT2D eigenvalue weighted by Crippen LogP contribution is -2.41. The average molecular weight is 550 g/mol. The van der Waals surface area contributed by atoms with Crippen LogP contribution in [0.1, 0.15) is 0 Å². The maximum atomic E-state index is 13.4. The molecule has 1 fully saturated rings. The number of rotatable bonds is 6. The molecule has 3 aromatic rings. The van der Waals surface area contributed by atoms with E-state index in [0.717, 1.165) is 12.9 Å². The fourth-order valence-electron chi connectivity index (χ4n) is 3.95. The van der Waals surface area contributed by atoms with Crippen molar-refractivity contribution in [2.45, 2.75) is 14.7 Å². The van der Waals surface area contributed by atoms with Gasteiger partial charge < -0.3 is 0 Å². The Labute approximate surface area is 212 Å². The predicted octanol–water partition coefficient (Wildman–Crippen LogP) is 2.07. The molecule has 0 unspecified atom stereocenters. The van der Waals surface area contributed by atoms with Crippen molar-refractivity contribution < 1.29 is 25.3 Å². The van der Waals surface area contributed by atoms with Crippen LogP contribution in [-0.4, -0.2) is 77.4 Å².